The molecule has 0 saturated heterocycles. The van der Waals surface area contributed by atoms with E-state index in [-0.39, 0.29) is 5.97 Å². The second-order valence-corrected chi connectivity index (χ2v) is 5.14. The SMILES string of the molecule is CC(=O)ON(C)C.CN(C)S(C)(=O)=O. The van der Waals surface area contributed by atoms with Crippen molar-refractivity contribution in [3.63, 3.8) is 0 Å². The van der Waals surface area contributed by atoms with Crippen molar-refractivity contribution in [2.24, 2.45) is 0 Å². The molecule has 0 aromatic carbocycles. The van der Waals surface area contributed by atoms with Crippen LogP contribution in [0.25, 0.3) is 0 Å². The summed E-state index contributed by atoms with van der Waals surface area (Å²) in [6.07, 6.45) is 1.16. The van der Waals surface area contributed by atoms with E-state index >= 15 is 0 Å². The smallest absolute Gasteiger partial charge is 0.321 e. The van der Waals surface area contributed by atoms with Crippen LogP contribution in [-0.4, -0.2) is 58.2 Å². The molecule has 0 heterocycles. The first-order chi connectivity index (χ1) is 6.07. The lowest BCUT2D eigenvalue weighted by Crippen LogP contribution is -2.19. The molecule has 0 bridgehead atoms. The van der Waals surface area contributed by atoms with E-state index in [1.54, 1.807) is 14.1 Å². The van der Waals surface area contributed by atoms with Gasteiger partial charge in [-0.1, -0.05) is 0 Å². The first-order valence-electron chi connectivity index (χ1n) is 3.80. The fourth-order valence-corrected chi connectivity index (χ4v) is 0.257. The lowest BCUT2D eigenvalue weighted by atomic mass is 10.8. The van der Waals surface area contributed by atoms with E-state index in [2.05, 4.69) is 4.84 Å². The molecule has 86 valence electrons. The molecule has 0 saturated carbocycles. The van der Waals surface area contributed by atoms with E-state index in [0.29, 0.717) is 0 Å². The quantitative estimate of drug-likeness (QED) is 0.596. The van der Waals surface area contributed by atoms with Crippen molar-refractivity contribution in [3.8, 4) is 0 Å². The largest absolute Gasteiger partial charge is 0.369 e. The number of rotatable bonds is 2. The lowest BCUT2D eigenvalue weighted by Gasteiger charge is -2.05. The molecule has 14 heavy (non-hydrogen) atoms. The van der Waals surface area contributed by atoms with E-state index in [4.69, 9.17) is 0 Å². The van der Waals surface area contributed by atoms with Crippen LogP contribution < -0.4 is 0 Å². The van der Waals surface area contributed by atoms with Gasteiger partial charge in [-0.2, -0.15) is 0 Å². The van der Waals surface area contributed by atoms with Crippen LogP contribution in [0.1, 0.15) is 6.92 Å². The summed E-state index contributed by atoms with van der Waals surface area (Å²) in [6, 6.07) is 0. The Labute approximate surface area is 85.4 Å². The molecule has 0 N–H and O–H groups in total. The summed E-state index contributed by atoms with van der Waals surface area (Å²) in [4.78, 5) is 14.4. The van der Waals surface area contributed by atoms with E-state index in [0.717, 1.165) is 10.6 Å². The fraction of sp³-hybridized carbons (Fsp3) is 0.857. The first kappa shape index (κ1) is 15.8. The van der Waals surface area contributed by atoms with E-state index < -0.39 is 10.0 Å². The Bertz CT molecular complexity index is 259. The van der Waals surface area contributed by atoms with Crippen LogP contribution in [0.3, 0.4) is 0 Å². The highest BCUT2D eigenvalue weighted by atomic mass is 32.2. The zero-order chi connectivity index (χ0) is 11.9. The maximum atomic E-state index is 10.3. The average Bonchev–Trinajstić information content (AvgIpc) is 1.81. The monoisotopic (exact) mass is 226 g/mol. The molecule has 0 aromatic heterocycles. The van der Waals surface area contributed by atoms with Crippen molar-refractivity contribution in [2.75, 3.05) is 34.4 Å². The van der Waals surface area contributed by atoms with E-state index in [1.165, 1.54) is 26.1 Å². The first-order valence-corrected chi connectivity index (χ1v) is 5.65. The Hall–Kier alpha value is -0.660. The van der Waals surface area contributed by atoms with E-state index in [9.17, 15) is 13.2 Å². The molecule has 0 fully saturated rings. The molecular weight excluding hydrogens is 208 g/mol. The third-order valence-corrected chi connectivity index (χ3v) is 2.30. The molecule has 0 spiro atoms. The van der Waals surface area contributed by atoms with E-state index in [1.807, 2.05) is 0 Å². The van der Waals surface area contributed by atoms with Crippen LogP contribution >= 0.6 is 0 Å². The van der Waals surface area contributed by atoms with Gasteiger partial charge in [0.25, 0.3) is 0 Å². The van der Waals surface area contributed by atoms with Gasteiger partial charge in [-0.3, -0.25) is 4.79 Å². The number of hydrogen-bond donors (Lipinski definition) is 0. The molecule has 0 aliphatic heterocycles. The third-order valence-electron chi connectivity index (χ3n) is 0.974. The highest BCUT2D eigenvalue weighted by molar-refractivity contribution is 7.88. The maximum absolute atomic E-state index is 10.3. The van der Waals surface area contributed by atoms with Crippen LogP contribution in [0.5, 0.6) is 0 Å². The molecular formula is C7H18N2O4S. The van der Waals surface area contributed by atoms with Gasteiger partial charge in [0, 0.05) is 35.1 Å². The van der Waals surface area contributed by atoms with Gasteiger partial charge in [0.2, 0.25) is 10.0 Å². The van der Waals surface area contributed by atoms with Crippen molar-refractivity contribution >= 4 is 16.0 Å². The highest BCUT2D eigenvalue weighted by Gasteiger charge is 2.00. The second-order valence-electron chi connectivity index (χ2n) is 2.94. The van der Waals surface area contributed by atoms with Gasteiger partial charge < -0.3 is 4.84 Å². The zero-order valence-corrected chi connectivity index (χ0v) is 10.3. The van der Waals surface area contributed by atoms with Crippen molar-refractivity contribution in [2.45, 2.75) is 6.92 Å². The highest BCUT2D eigenvalue weighted by Crippen LogP contribution is 1.83. The van der Waals surface area contributed by atoms with Crippen molar-refractivity contribution in [1.82, 2.24) is 9.37 Å². The summed E-state index contributed by atoms with van der Waals surface area (Å²) >= 11 is 0. The minimum atomic E-state index is -2.91. The van der Waals surface area contributed by atoms with Gasteiger partial charge in [0.15, 0.2) is 0 Å². The number of hydrogen-bond acceptors (Lipinski definition) is 5. The van der Waals surface area contributed by atoms with Crippen LogP contribution in [0, 0.1) is 0 Å². The summed E-state index contributed by atoms with van der Waals surface area (Å²) in [5.74, 6) is -0.287. The van der Waals surface area contributed by atoms with Gasteiger partial charge in [0.1, 0.15) is 0 Å². The van der Waals surface area contributed by atoms with Gasteiger partial charge >= 0.3 is 5.97 Å². The lowest BCUT2D eigenvalue weighted by molar-refractivity contribution is -0.175. The molecule has 0 aliphatic carbocycles. The van der Waals surface area contributed by atoms with Crippen molar-refractivity contribution in [1.29, 1.82) is 0 Å². The van der Waals surface area contributed by atoms with Crippen molar-refractivity contribution in [3.05, 3.63) is 0 Å². The maximum Gasteiger partial charge on any atom is 0.321 e. The zero-order valence-electron chi connectivity index (χ0n) is 9.44. The molecule has 0 atom stereocenters. The van der Waals surface area contributed by atoms with Crippen LogP contribution in [0.2, 0.25) is 0 Å². The molecule has 0 aliphatic rings. The van der Waals surface area contributed by atoms with Crippen LogP contribution in [0.15, 0.2) is 0 Å². The van der Waals surface area contributed by atoms with Gasteiger partial charge in [0.05, 0.1) is 6.26 Å². The van der Waals surface area contributed by atoms with Gasteiger partial charge in [-0.15, -0.1) is 5.06 Å². The third kappa shape index (κ3) is 13.9. The Morgan fingerprint density at radius 2 is 1.43 bits per heavy atom. The van der Waals surface area contributed by atoms with Crippen LogP contribution in [-0.2, 0) is 19.7 Å². The summed E-state index contributed by atoms with van der Waals surface area (Å²) < 4.78 is 21.7. The fourth-order valence-electron chi connectivity index (χ4n) is 0.257. The van der Waals surface area contributed by atoms with Gasteiger partial charge in [-0.25, -0.2) is 12.7 Å². The predicted octanol–water partition coefficient (Wildman–Crippen LogP) is -0.466. The number of hydroxylamine groups is 2. The van der Waals surface area contributed by atoms with Crippen molar-refractivity contribution < 1.29 is 18.0 Å². The minimum Gasteiger partial charge on any atom is -0.369 e. The number of sulfonamides is 1. The number of nitrogens with zero attached hydrogens (tertiary/aromatic N) is 2. The molecule has 7 heteroatoms. The Morgan fingerprint density at radius 3 is 1.43 bits per heavy atom. The standard InChI is InChI=1S/C4H9NO2.C3H9NO2S/c1-4(6)7-5(2)3;1-4(2)7(3,5)6/h2*1-3H3. The topological polar surface area (TPSA) is 66.9 Å². The Kier molecular flexibility index (Phi) is 7.61. The Balaban J connectivity index is 0. The molecule has 0 aromatic rings. The summed E-state index contributed by atoms with van der Waals surface area (Å²) in [7, 11) is 3.39. The molecule has 6 nitrogen and oxygen atoms in total. The van der Waals surface area contributed by atoms with Crippen LogP contribution in [0.4, 0.5) is 0 Å². The number of carbonyl (C=O) groups excluding carboxylic acids is 1. The Morgan fingerprint density at radius 1 is 1.14 bits per heavy atom. The summed E-state index contributed by atoms with van der Waals surface area (Å²) in [6.45, 7) is 1.36. The molecule has 0 amide bonds. The molecule has 0 rings (SSSR count). The molecule has 0 unspecified atom stereocenters. The predicted molar refractivity (Wildman–Crippen MR) is 54.0 cm³/mol. The molecule has 0 radical (unpaired) electrons. The minimum absolute atomic E-state index is 0.287. The summed E-state index contributed by atoms with van der Waals surface area (Å²) in [5.41, 5.74) is 0. The second kappa shape index (κ2) is 6.74. The summed E-state index contributed by atoms with van der Waals surface area (Å²) in [5, 5.41) is 1.35. The van der Waals surface area contributed by atoms with Gasteiger partial charge in [-0.05, 0) is 0 Å². The number of carbonyl (C=O) groups is 1. The average molecular weight is 226 g/mol. The normalized spacial score (nSPS) is 10.9.